The van der Waals surface area contributed by atoms with E-state index in [1.807, 2.05) is 38.4 Å². The van der Waals surface area contributed by atoms with Crippen LogP contribution in [-0.4, -0.2) is 22.7 Å². The smallest absolute Gasteiger partial charge is 0.153 e. The minimum Gasteiger partial charge on any atom is -0.382 e. The summed E-state index contributed by atoms with van der Waals surface area (Å²) < 4.78 is 4.20. The molecule has 0 bridgehead atoms. The van der Waals surface area contributed by atoms with Crippen molar-refractivity contribution in [3.8, 4) is 0 Å². The van der Waals surface area contributed by atoms with Crippen LogP contribution in [0.5, 0.6) is 0 Å². The third-order valence-corrected chi connectivity index (χ3v) is 4.47. The first-order chi connectivity index (χ1) is 8.61. The minimum atomic E-state index is 0.617. The number of nitrogens with two attached hydrogens (primary N) is 1. The number of pyridine rings is 1. The summed E-state index contributed by atoms with van der Waals surface area (Å²) in [5.41, 5.74) is 7.93. The first-order valence-electron chi connectivity index (χ1n) is 5.54. The zero-order chi connectivity index (χ0) is 13.1. The number of hydrogen-bond acceptors (Lipinski definition) is 6. The summed E-state index contributed by atoms with van der Waals surface area (Å²) in [6.45, 7) is 2.76. The molecule has 2 aromatic heterocycles. The molecule has 2 rings (SSSR count). The molecule has 2 N–H and O–H groups in total. The van der Waals surface area contributed by atoms with Crippen LogP contribution in [0.1, 0.15) is 11.4 Å². The van der Waals surface area contributed by atoms with E-state index >= 15 is 0 Å². The highest BCUT2D eigenvalue weighted by Crippen LogP contribution is 2.37. The van der Waals surface area contributed by atoms with E-state index in [9.17, 15) is 0 Å². The summed E-state index contributed by atoms with van der Waals surface area (Å²) >= 11 is 3.07. The standard InChI is InChI=1S/C12H16N4S2/c1-8-5-4-6-9(14-8)7-16(2)12-10(17-3)11(13)15-18-12/h4-6H,7H2,1-3H3,(H2,13,15). The highest BCUT2D eigenvalue weighted by molar-refractivity contribution is 7.99. The third kappa shape index (κ3) is 2.76. The van der Waals surface area contributed by atoms with Crippen molar-refractivity contribution in [2.45, 2.75) is 18.4 Å². The van der Waals surface area contributed by atoms with Gasteiger partial charge in [0.15, 0.2) is 5.82 Å². The van der Waals surface area contributed by atoms with Gasteiger partial charge in [-0.1, -0.05) is 6.07 Å². The largest absolute Gasteiger partial charge is 0.382 e. The number of aromatic nitrogens is 2. The molecule has 0 amide bonds. The Kier molecular flexibility index (Phi) is 4.08. The molecule has 4 nitrogen and oxygen atoms in total. The minimum absolute atomic E-state index is 0.617. The molecule has 0 aliphatic heterocycles. The Labute approximate surface area is 115 Å². The van der Waals surface area contributed by atoms with Gasteiger partial charge in [0.1, 0.15) is 5.00 Å². The zero-order valence-electron chi connectivity index (χ0n) is 10.7. The van der Waals surface area contributed by atoms with Crippen molar-refractivity contribution in [3.63, 3.8) is 0 Å². The van der Waals surface area contributed by atoms with Crippen molar-refractivity contribution in [2.75, 3.05) is 23.9 Å². The van der Waals surface area contributed by atoms with E-state index in [0.29, 0.717) is 5.82 Å². The van der Waals surface area contributed by atoms with Crippen molar-refractivity contribution >= 4 is 34.1 Å². The maximum Gasteiger partial charge on any atom is 0.153 e. The quantitative estimate of drug-likeness (QED) is 0.873. The van der Waals surface area contributed by atoms with Crippen molar-refractivity contribution in [1.29, 1.82) is 0 Å². The molecule has 0 aliphatic carbocycles. The van der Waals surface area contributed by atoms with Gasteiger partial charge in [0.2, 0.25) is 0 Å². The maximum atomic E-state index is 5.84. The van der Waals surface area contributed by atoms with Crippen LogP contribution in [-0.2, 0) is 6.54 Å². The third-order valence-electron chi connectivity index (χ3n) is 2.55. The highest BCUT2D eigenvalue weighted by Gasteiger charge is 2.14. The molecule has 0 atom stereocenters. The molecule has 0 saturated heterocycles. The molecule has 2 aromatic rings. The van der Waals surface area contributed by atoms with Crippen LogP contribution in [0.25, 0.3) is 0 Å². The lowest BCUT2D eigenvalue weighted by molar-refractivity contribution is 0.878. The number of hydrogen-bond donors (Lipinski definition) is 1. The summed E-state index contributed by atoms with van der Waals surface area (Å²) in [6, 6.07) is 6.07. The van der Waals surface area contributed by atoms with Gasteiger partial charge in [0.25, 0.3) is 0 Å². The van der Waals surface area contributed by atoms with Crippen LogP contribution in [0.3, 0.4) is 0 Å². The molecular weight excluding hydrogens is 264 g/mol. The lowest BCUT2D eigenvalue weighted by atomic mass is 10.3. The van der Waals surface area contributed by atoms with Gasteiger partial charge in [-0.25, -0.2) is 0 Å². The molecule has 0 unspecified atom stereocenters. The average Bonchev–Trinajstić information content (AvgIpc) is 2.70. The van der Waals surface area contributed by atoms with Gasteiger partial charge >= 0.3 is 0 Å². The molecule has 0 fully saturated rings. The van der Waals surface area contributed by atoms with E-state index in [2.05, 4.69) is 14.3 Å². The zero-order valence-corrected chi connectivity index (χ0v) is 12.3. The van der Waals surface area contributed by atoms with E-state index in [4.69, 9.17) is 5.73 Å². The highest BCUT2D eigenvalue weighted by atomic mass is 32.2. The van der Waals surface area contributed by atoms with Crippen LogP contribution in [0.15, 0.2) is 23.1 Å². The molecule has 0 aliphatic rings. The summed E-state index contributed by atoms with van der Waals surface area (Å²) in [6.07, 6.45) is 2.02. The number of anilines is 2. The van der Waals surface area contributed by atoms with Crippen LogP contribution in [0.4, 0.5) is 10.8 Å². The molecule has 6 heteroatoms. The predicted molar refractivity (Wildman–Crippen MR) is 79.4 cm³/mol. The van der Waals surface area contributed by atoms with Gasteiger partial charge in [-0.05, 0) is 36.8 Å². The van der Waals surface area contributed by atoms with E-state index in [-0.39, 0.29) is 0 Å². The Bertz CT molecular complexity index is 539. The van der Waals surface area contributed by atoms with Gasteiger partial charge in [0, 0.05) is 12.7 Å². The van der Waals surface area contributed by atoms with Crippen molar-refractivity contribution in [1.82, 2.24) is 9.36 Å². The van der Waals surface area contributed by atoms with Gasteiger partial charge in [-0.3, -0.25) is 4.98 Å². The topological polar surface area (TPSA) is 55.0 Å². The van der Waals surface area contributed by atoms with E-state index < -0.39 is 0 Å². The summed E-state index contributed by atoms with van der Waals surface area (Å²) in [4.78, 5) is 7.70. The summed E-state index contributed by atoms with van der Waals surface area (Å²) in [7, 11) is 2.04. The first kappa shape index (κ1) is 13.2. The van der Waals surface area contributed by atoms with Gasteiger partial charge in [-0.2, -0.15) is 4.37 Å². The van der Waals surface area contributed by atoms with Gasteiger partial charge < -0.3 is 10.6 Å². The lowest BCUT2D eigenvalue weighted by Gasteiger charge is -2.17. The number of thioether (sulfide) groups is 1. The Morgan fingerprint density at radius 3 is 2.89 bits per heavy atom. The Morgan fingerprint density at radius 1 is 1.44 bits per heavy atom. The second-order valence-corrected chi connectivity index (χ2v) is 5.60. The summed E-state index contributed by atoms with van der Waals surface area (Å²) in [5, 5.41) is 1.10. The van der Waals surface area contributed by atoms with E-state index in [0.717, 1.165) is 27.8 Å². The molecule has 96 valence electrons. The first-order valence-corrected chi connectivity index (χ1v) is 7.54. The average molecular weight is 280 g/mol. The summed E-state index contributed by atoms with van der Waals surface area (Å²) in [5.74, 6) is 0.617. The maximum absolute atomic E-state index is 5.84. The fraction of sp³-hybridized carbons (Fsp3) is 0.333. The number of aryl methyl sites for hydroxylation is 1. The molecule has 0 radical (unpaired) electrons. The SMILES string of the molecule is CSc1c(N)nsc1N(C)Cc1cccc(C)n1. The Balaban J connectivity index is 2.19. The lowest BCUT2D eigenvalue weighted by Crippen LogP contribution is -2.16. The van der Waals surface area contributed by atoms with E-state index in [1.165, 1.54) is 11.5 Å². The number of rotatable bonds is 4. The van der Waals surface area contributed by atoms with Crippen molar-refractivity contribution in [2.24, 2.45) is 0 Å². The second-order valence-electron chi connectivity index (χ2n) is 4.03. The molecule has 0 spiro atoms. The normalized spacial score (nSPS) is 10.6. The molecule has 0 aromatic carbocycles. The Morgan fingerprint density at radius 2 is 2.22 bits per heavy atom. The molecular formula is C12H16N4S2. The van der Waals surface area contributed by atoms with Crippen LogP contribution >= 0.6 is 23.3 Å². The van der Waals surface area contributed by atoms with Crippen LogP contribution < -0.4 is 10.6 Å². The van der Waals surface area contributed by atoms with E-state index in [1.54, 1.807) is 11.8 Å². The number of nitrogens with zero attached hydrogens (tertiary/aromatic N) is 3. The molecule has 18 heavy (non-hydrogen) atoms. The molecule has 2 heterocycles. The van der Waals surface area contributed by atoms with Crippen LogP contribution in [0.2, 0.25) is 0 Å². The Hall–Kier alpha value is -1.27. The second kappa shape index (κ2) is 5.58. The fourth-order valence-electron chi connectivity index (χ4n) is 1.72. The monoisotopic (exact) mass is 280 g/mol. The fourth-order valence-corrected chi connectivity index (χ4v) is 3.39. The molecule has 0 saturated carbocycles. The predicted octanol–water partition coefficient (Wildman–Crippen LogP) is 2.79. The van der Waals surface area contributed by atoms with Crippen molar-refractivity contribution in [3.05, 3.63) is 29.6 Å². The van der Waals surface area contributed by atoms with Gasteiger partial charge in [-0.15, -0.1) is 11.8 Å². The van der Waals surface area contributed by atoms with Crippen molar-refractivity contribution < 1.29 is 0 Å². The van der Waals surface area contributed by atoms with Gasteiger partial charge in [0.05, 0.1) is 17.1 Å². The van der Waals surface area contributed by atoms with Crippen LogP contribution in [0, 0.1) is 6.92 Å². The number of nitrogen functional groups attached to an aromatic ring is 1.